The van der Waals surface area contributed by atoms with Crippen LogP contribution in [0.5, 0.6) is 0 Å². The first-order valence-electron chi connectivity index (χ1n) is 13.3. The average molecular weight is 479 g/mol. The van der Waals surface area contributed by atoms with E-state index in [-0.39, 0.29) is 0 Å². The molecule has 0 saturated carbocycles. The van der Waals surface area contributed by atoms with Gasteiger partial charge in [0.25, 0.3) is 0 Å². The Labute approximate surface area is 216 Å². The van der Waals surface area contributed by atoms with E-state index in [1.807, 2.05) is 6.07 Å². The molecular formula is C34H38O2. The third-order valence-corrected chi connectivity index (χ3v) is 6.65. The van der Waals surface area contributed by atoms with Gasteiger partial charge in [0.1, 0.15) is 5.60 Å². The molecule has 4 aromatic rings. The van der Waals surface area contributed by atoms with Crippen molar-refractivity contribution in [3.63, 3.8) is 0 Å². The Kier molecular flexibility index (Phi) is 10.3. The lowest BCUT2D eigenvalue weighted by Gasteiger charge is -2.36. The molecule has 36 heavy (non-hydrogen) atoms. The highest BCUT2D eigenvalue weighted by atomic mass is 16.5. The van der Waals surface area contributed by atoms with Crippen LogP contribution in [0.1, 0.15) is 60.8 Å². The van der Waals surface area contributed by atoms with Crippen LogP contribution in [-0.2, 0) is 21.7 Å². The molecule has 4 aromatic carbocycles. The molecule has 0 bridgehead atoms. The first-order chi connectivity index (χ1) is 17.9. The standard InChI is InChI=1S/C34H38O2/c1(3-17-27-35-29-30-19-9-5-10-20-30)2-4-18-28-36-34(31-21-11-6-12-22-31,32-23-13-7-14-24-32)33-25-15-8-16-26-33/h5-16,19-26H,1-4,17-18,27-29H2. The minimum atomic E-state index is -0.611. The van der Waals surface area contributed by atoms with Crippen molar-refractivity contribution >= 4 is 0 Å². The number of rotatable bonds is 15. The maximum absolute atomic E-state index is 6.87. The minimum Gasteiger partial charge on any atom is -0.377 e. The summed E-state index contributed by atoms with van der Waals surface area (Å²) in [6.07, 6.45) is 7.06. The Hall–Kier alpha value is -3.20. The first kappa shape index (κ1) is 25.9. The largest absolute Gasteiger partial charge is 0.377 e. The number of hydrogen-bond acceptors (Lipinski definition) is 2. The maximum atomic E-state index is 6.87. The molecule has 0 aromatic heterocycles. The van der Waals surface area contributed by atoms with Gasteiger partial charge in [0.05, 0.1) is 6.61 Å². The molecule has 2 heteroatoms. The summed E-state index contributed by atoms with van der Waals surface area (Å²) in [7, 11) is 0. The van der Waals surface area contributed by atoms with Crippen LogP contribution in [0, 0.1) is 0 Å². The lowest BCUT2D eigenvalue weighted by molar-refractivity contribution is 0.0106. The van der Waals surface area contributed by atoms with Crippen molar-refractivity contribution in [1.82, 2.24) is 0 Å². The quantitative estimate of drug-likeness (QED) is 0.126. The van der Waals surface area contributed by atoms with Crippen molar-refractivity contribution in [2.45, 2.75) is 50.7 Å². The van der Waals surface area contributed by atoms with Gasteiger partial charge in [0.15, 0.2) is 0 Å². The summed E-state index contributed by atoms with van der Waals surface area (Å²) in [5.74, 6) is 0. The van der Waals surface area contributed by atoms with E-state index >= 15 is 0 Å². The summed E-state index contributed by atoms with van der Waals surface area (Å²) < 4.78 is 12.7. The van der Waals surface area contributed by atoms with Gasteiger partial charge >= 0.3 is 0 Å². The summed E-state index contributed by atoms with van der Waals surface area (Å²) in [6, 6.07) is 42.3. The van der Waals surface area contributed by atoms with Gasteiger partial charge in [0, 0.05) is 13.2 Å². The summed E-state index contributed by atoms with van der Waals surface area (Å²) in [5.41, 5.74) is 4.13. The van der Waals surface area contributed by atoms with Crippen LogP contribution in [0.4, 0.5) is 0 Å². The van der Waals surface area contributed by atoms with Gasteiger partial charge in [-0.2, -0.15) is 0 Å². The van der Waals surface area contributed by atoms with Gasteiger partial charge in [-0.05, 0) is 35.1 Å². The minimum absolute atomic E-state index is 0.611. The molecule has 0 N–H and O–H groups in total. The second kappa shape index (κ2) is 14.4. The fourth-order valence-electron chi connectivity index (χ4n) is 4.77. The predicted octanol–water partition coefficient (Wildman–Crippen LogP) is 8.55. The second-order valence-corrected chi connectivity index (χ2v) is 9.29. The van der Waals surface area contributed by atoms with Crippen LogP contribution in [0.25, 0.3) is 0 Å². The Morgan fingerprint density at radius 1 is 0.417 bits per heavy atom. The van der Waals surface area contributed by atoms with Gasteiger partial charge in [0.2, 0.25) is 0 Å². The summed E-state index contributed by atoms with van der Waals surface area (Å²) in [5, 5.41) is 0. The molecule has 0 aliphatic heterocycles. The second-order valence-electron chi connectivity index (χ2n) is 9.29. The average Bonchev–Trinajstić information content (AvgIpc) is 2.96. The van der Waals surface area contributed by atoms with Gasteiger partial charge in [-0.3, -0.25) is 0 Å². The van der Waals surface area contributed by atoms with Crippen molar-refractivity contribution in [3.05, 3.63) is 144 Å². The van der Waals surface area contributed by atoms with Gasteiger partial charge in [-0.15, -0.1) is 0 Å². The number of benzene rings is 4. The molecule has 186 valence electrons. The lowest BCUT2D eigenvalue weighted by Crippen LogP contribution is -2.33. The monoisotopic (exact) mass is 478 g/mol. The van der Waals surface area contributed by atoms with Crippen molar-refractivity contribution in [1.29, 1.82) is 0 Å². The highest BCUT2D eigenvalue weighted by molar-refractivity contribution is 5.47. The molecule has 0 fully saturated rings. The summed E-state index contributed by atoms with van der Waals surface area (Å²) >= 11 is 0. The molecule has 0 atom stereocenters. The topological polar surface area (TPSA) is 18.5 Å². The molecule has 0 heterocycles. The third-order valence-electron chi connectivity index (χ3n) is 6.65. The van der Waals surface area contributed by atoms with Crippen molar-refractivity contribution in [2.24, 2.45) is 0 Å². The third kappa shape index (κ3) is 7.16. The van der Waals surface area contributed by atoms with E-state index in [0.29, 0.717) is 6.61 Å². The molecule has 0 saturated heterocycles. The molecule has 0 radical (unpaired) electrons. The zero-order chi connectivity index (χ0) is 24.7. The zero-order valence-corrected chi connectivity index (χ0v) is 21.2. The molecule has 0 aliphatic rings. The summed E-state index contributed by atoms with van der Waals surface area (Å²) in [4.78, 5) is 0. The van der Waals surface area contributed by atoms with E-state index in [0.717, 1.165) is 42.7 Å². The van der Waals surface area contributed by atoms with Crippen LogP contribution in [0.2, 0.25) is 0 Å². The van der Waals surface area contributed by atoms with E-state index in [1.54, 1.807) is 0 Å². The highest BCUT2D eigenvalue weighted by Crippen LogP contribution is 2.40. The predicted molar refractivity (Wildman–Crippen MR) is 149 cm³/mol. The SMILES string of the molecule is c1ccc(COCCCCCCCCOC(c2ccccc2)(c2ccccc2)c2ccccc2)cc1. The molecule has 0 unspecified atom stereocenters. The fourth-order valence-corrected chi connectivity index (χ4v) is 4.77. The van der Waals surface area contributed by atoms with Crippen LogP contribution in [0.15, 0.2) is 121 Å². The van der Waals surface area contributed by atoms with Crippen LogP contribution in [-0.4, -0.2) is 13.2 Å². The Morgan fingerprint density at radius 2 is 0.806 bits per heavy atom. The van der Waals surface area contributed by atoms with Crippen LogP contribution in [0.3, 0.4) is 0 Å². The number of ether oxygens (including phenoxy) is 2. The van der Waals surface area contributed by atoms with E-state index < -0.39 is 5.60 Å². The molecule has 4 rings (SSSR count). The van der Waals surface area contributed by atoms with Crippen LogP contribution >= 0.6 is 0 Å². The van der Waals surface area contributed by atoms with E-state index in [9.17, 15) is 0 Å². The smallest absolute Gasteiger partial charge is 0.143 e. The molecule has 2 nitrogen and oxygen atoms in total. The highest BCUT2D eigenvalue weighted by Gasteiger charge is 2.37. The Bertz CT molecular complexity index is 998. The van der Waals surface area contributed by atoms with E-state index in [1.165, 1.54) is 31.2 Å². The van der Waals surface area contributed by atoms with Gasteiger partial charge in [-0.25, -0.2) is 0 Å². The van der Waals surface area contributed by atoms with Gasteiger partial charge in [-0.1, -0.05) is 147 Å². The normalized spacial score (nSPS) is 11.4. The number of unbranched alkanes of at least 4 members (excludes halogenated alkanes) is 5. The molecule has 0 aliphatic carbocycles. The zero-order valence-electron chi connectivity index (χ0n) is 21.2. The number of hydrogen-bond donors (Lipinski definition) is 0. The van der Waals surface area contributed by atoms with Gasteiger partial charge < -0.3 is 9.47 Å². The van der Waals surface area contributed by atoms with E-state index in [4.69, 9.17) is 9.47 Å². The van der Waals surface area contributed by atoms with Crippen molar-refractivity contribution in [3.8, 4) is 0 Å². The fraction of sp³-hybridized carbons (Fsp3) is 0.294. The van der Waals surface area contributed by atoms with E-state index in [2.05, 4.69) is 115 Å². The Balaban J connectivity index is 1.27. The molecular weight excluding hydrogens is 440 g/mol. The summed E-state index contributed by atoms with van der Waals surface area (Å²) in [6.45, 7) is 2.27. The molecule has 0 amide bonds. The van der Waals surface area contributed by atoms with Crippen molar-refractivity contribution in [2.75, 3.05) is 13.2 Å². The Morgan fingerprint density at radius 3 is 1.28 bits per heavy atom. The van der Waals surface area contributed by atoms with Crippen LogP contribution < -0.4 is 0 Å². The first-order valence-corrected chi connectivity index (χ1v) is 13.3. The van der Waals surface area contributed by atoms with Crippen molar-refractivity contribution < 1.29 is 9.47 Å². The molecule has 0 spiro atoms. The maximum Gasteiger partial charge on any atom is 0.143 e. The lowest BCUT2D eigenvalue weighted by atomic mass is 9.80.